The number of aromatic nitrogens is 2. The number of anilines is 1. The Balaban J connectivity index is 0.000000810. The molecule has 0 atom stereocenters. The largest absolute Gasteiger partial charge is 0.338 e. The van der Waals surface area contributed by atoms with Crippen LogP contribution in [-0.4, -0.2) is 60.2 Å². The molecular formula is C11H19Cl2N5. The van der Waals surface area contributed by atoms with Crippen LogP contribution >= 0.6 is 24.8 Å². The first-order valence-electron chi connectivity index (χ1n) is 5.90. The minimum absolute atomic E-state index is 0. The van der Waals surface area contributed by atoms with Crippen molar-refractivity contribution in [1.82, 2.24) is 20.2 Å². The van der Waals surface area contributed by atoms with E-state index in [0.29, 0.717) is 0 Å². The van der Waals surface area contributed by atoms with Crippen LogP contribution in [0.5, 0.6) is 0 Å². The minimum Gasteiger partial charge on any atom is -0.338 e. The van der Waals surface area contributed by atoms with Crippen molar-refractivity contribution in [2.24, 2.45) is 0 Å². The van der Waals surface area contributed by atoms with E-state index < -0.39 is 0 Å². The number of rotatable bonds is 2. The maximum Gasteiger partial charge on any atom is 0.225 e. The molecule has 3 heterocycles. The van der Waals surface area contributed by atoms with Crippen molar-refractivity contribution in [3.05, 3.63) is 18.5 Å². The highest BCUT2D eigenvalue weighted by atomic mass is 35.5. The molecule has 0 saturated carbocycles. The van der Waals surface area contributed by atoms with Crippen molar-refractivity contribution in [3.63, 3.8) is 0 Å². The van der Waals surface area contributed by atoms with Gasteiger partial charge < -0.3 is 10.2 Å². The third-order valence-electron chi connectivity index (χ3n) is 3.43. The third-order valence-corrected chi connectivity index (χ3v) is 3.43. The summed E-state index contributed by atoms with van der Waals surface area (Å²) in [6, 6.07) is 2.62. The lowest BCUT2D eigenvalue weighted by Gasteiger charge is -2.43. The van der Waals surface area contributed by atoms with Crippen LogP contribution < -0.4 is 10.2 Å². The SMILES string of the molecule is Cl.Cl.c1cnc(N2CCN(C3CNC3)CC2)nc1. The molecule has 0 unspecified atom stereocenters. The molecule has 2 aliphatic rings. The van der Waals surface area contributed by atoms with E-state index in [2.05, 4.69) is 25.1 Å². The molecule has 0 amide bonds. The molecule has 3 rings (SSSR count). The van der Waals surface area contributed by atoms with Gasteiger partial charge in [0, 0.05) is 57.7 Å². The van der Waals surface area contributed by atoms with Gasteiger partial charge in [-0.15, -0.1) is 24.8 Å². The summed E-state index contributed by atoms with van der Waals surface area (Å²) in [5.41, 5.74) is 0. The average molecular weight is 292 g/mol. The van der Waals surface area contributed by atoms with E-state index in [1.54, 1.807) is 0 Å². The van der Waals surface area contributed by atoms with Crippen LogP contribution in [0.2, 0.25) is 0 Å². The summed E-state index contributed by atoms with van der Waals surface area (Å²) in [6.45, 7) is 6.65. The van der Waals surface area contributed by atoms with Gasteiger partial charge in [-0.2, -0.15) is 0 Å². The van der Waals surface area contributed by atoms with Crippen molar-refractivity contribution in [2.75, 3.05) is 44.2 Å². The zero-order chi connectivity index (χ0) is 10.8. The zero-order valence-electron chi connectivity index (χ0n) is 10.2. The second kappa shape index (κ2) is 7.09. The lowest BCUT2D eigenvalue weighted by molar-refractivity contribution is 0.137. The van der Waals surface area contributed by atoms with Crippen molar-refractivity contribution in [1.29, 1.82) is 0 Å². The molecule has 0 radical (unpaired) electrons. The van der Waals surface area contributed by atoms with Crippen molar-refractivity contribution in [2.45, 2.75) is 6.04 Å². The highest BCUT2D eigenvalue weighted by Gasteiger charge is 2.28. The fraction of sp³-hybridized carbons (Fsp3) is 0.636. The van der Waals surface area contributed by atoms with E-state index in [4.69, 9.17) is 0 Å². The number of hydrogen-bond acceptors (Lipinski definition) is 5. The van der Waals surface area contributed by atoms with Gasteiger partial charge in [-0.25, -0.2) is 9.97 Å². The van der Waals surface area contributed by atoms with Crippen LogP contribution in [0.15, 0.2) is 18.5 Å². The Morgan fingerprint density at radius 1 is 1.00 bits per heavy atom. The Hall–Kier alpha value is -0.620. The number of nitrogens with zero attached hydrogens (tertiary/aromatic N) is 4. The summed E-state index contributed by atoms with van der Waals surface area (Å²) in [6.07, 6.45) is 3.62. The molecule has 1 aromatic heterocycles. The van der Waals surface area contributed by atoms with Crippen molar-refractivity contribution in [3.8, 4) is 0 Å². The maximum atomic E-state index is 4.29. The van der Waals surface area contributed by atoms with Crippen LogP contribution in [0, 0.1) is 0 Å². The molecule has 2 aliphatic heterocycles. The minimum atomic E-state index is 0. The molecule has 18 heavy (non-hydrogen) atoms. The Morgan fingerprint density at radius 3 is 2.11 bits per heavy atom. The van der Waals surface area contributed by atoms with E-state index >= 15 is 0 Å². The molecule has 7 heteroatoms. The first-order valence-corrected chi connectivity index (χ1v) is 5.90. The molecule has 2 saturated heterocycles. The molecule has 102 valence electrons. The van der Waals surface area contributed by atoms with Gasteiger partial charge in [-0.1, -0.05) is 0 Å². The number of piperazine rings is 1. The van der Waals surface area contributed by atoms with Crippen LogP contribution in [0.3, 0.4) is 0 Å². The average Bonchev–Trinajstić information content (AvgIpc) is 2.29. The third kappa shape index (κ3) is 3.23. The molecular weight excluding hydrogens is 273 g/mol. The normalized spacial score (nSPS) is 20.6. The summed E-state index contributed by atoms with van der Waals surface area (Å²) in [4.78, 5) is 13.4. The van der Waals surface area contributed by atoms with E-state index in [9.17, 15) is 0 Å². The van der Waals surface area contributed by atoms with Gasteiger partial charge in [0.05, 0.1) is 0 Å². The smallest absolute Gasteiger partial charge is 0.225 e. The summed E-state index contributed by atoms with van der Waals surface area (Å²) in [5.74, 6) is 0.869. The van der Waals surface area contributed by atoms with Crippen LogP contribution in [0.25, 0.3) is 0 Å². The fourth-order valence-electron chi connectivity index (χ4n) is 2.27. The van der Waals surface area contributed by atoms with Gasteiger partial charge in [0.2, 0.25) is 5.95 Å². The highest BCUT2D eigenvalue weighted by molar-refractivity contribution is 5.85. The number of hydrogen-bond donors (Lipinski definition) is 1. The molecule has 1 aromatic rings. The van der Waals surface area contributed by atoms with Gasteiger partial charge in [-0.3, -0.25) is 4.90 Å². The number of halogens is 2. The van der Waals surface area contributed by atoms with Gasteiger partial charge in [0.15, 0.2) is 0 Å². The monoisotopic (exact) mass is 291 g/mol. The topological polar surface area (TPSA) is 44.3 Å². The zero-order valence-corrected chi connectivity index (χ0v) is 11.8. The first kappa shape index (κ1) is 15.4. The Kier molecular flexibility index (Phi) is 6.08. The highest BCUT2D eigenvalue weighted by Crippen LogP contribution is 2.13. The molecule has 5 nitrogen and oxygen atoms in total. The van der Waals surface area contributed by atoms with E-state index in [1.807, 2.05) is 18.5 Å². The summed E-state index contributed by atoms with van der Waals surface area (Å²) in [5, 5.41) is 3.32. The van der Waals surface area contributed by atoms with E-state index in [1.165, 1.54) is 0 Å². The Labute approximate surface area is 120 Å². The molecule has 0 spiro atoms. The van der Waals surface area contributed by atoms with Gasteiger partial charge >= 0.3 is 0 Å². The van der Waals surface area contributed by atoms with E-state index in [0.717, 1.165) is 51.3 Å². The van der Waals surface area contributed by atoms with Gasteiger partial charge in [0.1, 0.15) is 0 Å². The van der Waals surface area contributed by atoms with Crippen LogP contribution in [0.1, 0.15) is 0 Å². The predicted molar refractivity (Wildman–Crippen MR) is 77.0 cm³/mol. The quantitative estimate of drug-likeness (QED) is 0.855. The van der Waals surface area contributed by atoms with E-state index in [-0.39, 0.29) is 24.8 Å². The Bertz CT molecular complexity index is 339. The molecule has 0 bridgehead atoms. The number of nitrogens with one attached hydrogen (secondary N) is 1. The Morgan fingerprint density at radius 2 is 1.61 bits per heavy atom. The van der Waals surface area contributed by atoms with Gasteiger partial charge in [-0.05, 0) is 6.07 Å². The first-order chi connectivity index (χ1) is 7.93. The molecule has 0 aromatic carbocycles. The summed E-state index contributed by atoms with van der Waals surface area (Å²) >= 11 is 0. The predicted octanol–water partition coefficient (Wildman–Crippen LogP) is 0.414. The second-order valence-electron chi connectivity index (χ2n) is 4.38. The van der Waals surface area contributed by atoms with Crippen molar-refractivity contribution < 1.29 is 0 Å². The van der Waals surface area contributed by atoms with Crippen LogP contribution in [-0.2, 0) is 0 Å². The summed E-state index contributed by atoms with van der Waals surface area (Å²) < 4.78 is 0. The lowest BCUT2D eigenvalue weighted by atomic mass is 10.1. The molecule has 1 N–H and O–H groups in total. The second-order valence-corrected chi connectivity index (χ2v) is 4.38. The standard InChI is InChI=1S/C11H17N5.2ClH/c1-2-13-11(14-3-1)16-6-4-15(5-7-16)10-8-12-9-10;;/h1-3,10,12H,4-9H2;2*1H. The van der Waals surface area contributed by atoms with Gasteiger partial charge in [0.25, 0.3) is 0 Å². The molecule has 2 fully saturated rings. The van der Waals surface area contributed by atoms with Crippen LogP contribution in [0.4, 0.5) is 5.95 Å². The molecule has 0 aliphatic carbocycles. The maximum absolute atomic E-state index is 4.29. The van der Waals surface area contributed by atoms with Crippen molar-refractivity contribution >= 4 is 30.8 Å². The lowest BCUT2D eigenvalue weighted by Crippen LogP contribution is -2.61. The summed E-state index contributed by atoms with van der Waals surface area (Å²) in [7, 11) is 0. The fourth-order valence-corrected chi connectivity index (χ4v) is 2.27.